The van der Waals surface area contributed by atoms with E-state index in [1.807, 2.05) is 0 Å². The molecule has 1 rings (SSSR count). The SMILES string of the molecule is N[C@@H](CCC(=O)N[C@H](CS[C@H](O)N(O)c1ccc(Br)cc1)C(=O)NCC(=O)O)C(=O)O. The zero-order valence-corrected chi connectivity index (χ0v) is 18.5. The smallest absolute Gasteiger partial charge is 0.322 e. The van der Waals surface area contributed by atoms with Gasteiger partial charge in [-0.1, -0.05) is 15.9 Å². The summed E-state index contributed by atoms with van der Waals surface area (Å²) in [6.07, 6.45) is -0.456. The molecule has 172 valence electrons. The minimum absolute atomic E-state index is 0.172. The van der Waals surface area contributed by atoms with Crippen LogP contribution in [0.3, 0.4) is 0 Å². The highest BCUT2D eigenvalue weighted by Gasteiger charge is 2.25. The summed E-state index contributed by atoms with van der Waals surface area (Å²) < 4.78 is 0.757. The molecule has 0 radical (unpaired) electrons. The number of nitrogens with one attached hydrogen (secondary N) is 2. The van der Waals surface area contributed by atoms with Crippen molar-refractivity contribution < 1.29 is 39.7 Å². The number of thioether (sulfide) groups is 1. The van der Waals surface area contributed by atoms with E-state index in [2.05, 4.69) is 26.6 Å². The Balaban J connectivity index is 2.72. The normalized spacial score (nSPS) is 13.5. The molecule has 0 aromatic heterocycles. The second kappa shape index (κ2) is 13.1. The van der Waals surface area contributed by atoms with Crippen LogP contribution in [0.2, 0.25) is 0 Å². The Kier molecular flexibility index (Phi) is 11.3. The monoisotopic (exact) mass is 522 g/mol. The van der Waals surface area contributed by atoms with Crippen molar-refractivity contribution in [1.29, 1.82) is 0 Å². The fourth-order valence-corrected chi connectivity index (χ4v) is 3.25. The third-order valence-corrected chi connectivity index (χ3v) is 5.33. The molecule has 0 bridgehead atoms. The largest absolute Gasteiger partial charge is 0.480 e. The Bertz CT molecular complexity index is 782. The molecule has 0 fully saturated rings. The summed E-state index contributed by atoms with van der Waals surface area (Å²) in [5, 5.41) is 42.7. The predicted molar refractivity (Wildman–Crippen MR) is 114 cm³/mol. The number of nitrogens with zero attached hydrogens (tertiary/aromatic N) is 1. The molecule has 31 heavy (non-hydrogen) atoms. The van der Waals surface area contributed by atoms with Crippen LogP contribution in [0, 0.1) is 0 Å². The zero-order chi connectivity index (χ0) is 23.6. The van der Waals surface area contributed by atoms with Crippen molar-refractivity contribution in [3.8, 4) is 0 Å². The van der Waals surface area contributed by atoms with Gasteiger partial charge in [-0.15, -0.1) is 11.8 Å². The number of hydrogen-bond acceptors (Lipinski definition) is 9. The van der Waals surface area contributed by atoms with Gasteiger partial charge in [0, 0.05) is 16.6 Å². The fraction of sp³-hybridized carbons (Fsp3) is 0.412. The molecule has 1 aromatic rings. The molecular weight excluding hydrogens is 500 g/mol. The number of hydrogen-bond donors (Lipinski definition) is 7. The molecule has 8 N–H and O–H groups in total. The van der Waals surface area contributed by atoms with Gasteiger partial charge >= 0.3 is 11.9 Å². The first-order valence-electron chi connectivity index (χ1n) is 8.81. The minimum Gasteiger partial charge on any atom is -0.480 e. The summed E-state index contributed by atoms with van der Waals surface area (Å²) in [5.74, 6) is -4.31. The molecule has 0 unspecified atom stereocenters. The van der Waals surface area contributed by atoms with E-state index in [-0.39, 0.29) is 24.3 Å². The van der Waals surface area contributed by atoms with Crippen molar-refractivity contribution in [2.45, 2.75) is 30.5 Å². The van der Waals surface area contributed by atoms with Gasteiger partial charge in [0.05, 0.1) is 5.69 Å². The van der Waals surface area contributed by atoms with E-state index in [0.717, 1.165) is 4.47 Å². The van der Waals surface area contributed by atoms with Gasteiger partial charge < -0.3 is 31.7 Å². The molecule has 2 amide bonds. The van der Waals surface area contributed by atoms with Crippen molar-refractivity contribution in [3.63, 3.8) is 0 Å². The maximum atomic E-state index is 12.2. The number of aliphatic hydroxyl groups excluding tert-OH is 1. The highest BCUT2D eigenvalue weighted by molar-refractivity contribution is 9.10. The molecule has 0 heterocycles. The predicted octanol–water partition coefficient (Wildman–Crippen LogP) is -0.468. The number of carbonyl (C=O) groups is 4. The van der Waals surface area contributed by atoms with Gasteiger partial charge in [0.15, 0.2) is 5.56 Å². The second-order valence-corrected chi connectivity index (χ2v) is 8.20. The Labute approximate surface area is 189 Å². The number of carboxylic acids is 2. The molecular formula is C17H23BrN4O8S. The minimum atomic E-state index is -1.51. The van der Waals surface area contributed by atoms with Crippen molar-refractivity contribution >= 4 is 57.1 Å². The highest BCUT2D eigenvalue weighted by atomic mass is 79.9. The summed E-state index contributed by atoms with van der Waals surface area (Å²) in [6, 6.07) is 3.82. The first kappa shape index (κ1) is 26.6. The molecule has 0 aliphatic heterocycles. The lowest BCUT2D eigenvalue weighted by Crippen LogP contribution is -2.50. The molecule has 1 aromatic carbocycles. The standard InChI is InChI=1S/C17H23BrN4O8S/c18-9-1-3-10(4-2-9)22(30)17(29)31-8-12(15(26)20-7-14(24)25)21-13(23)6-5-11(19)16(27)28/h1-4,11-12,17,29-30H,5-8,19H2,(H,20,26)(H,21,23)(H,24,25)(H,27,28)/t11-,12+,17-/m0/s1. The number of carboxylic acid groups (broad SMARTS) is 2. The summed E-state index contributed by atoms with van der Waals surface area (Å²) >= 11 is 3.94. The number of aliphatic carboxylic acids is 2. The van der Waals surface area contributed by atoms with Gasteiger partial charge in [-0.05, 0) is 30.7 Å². The van der Waals surface area contributed by atoms with Gasteiger partial charge in [-0.2, -0.15) is 0 Å². The first-order valence-corrected chi connectivity index (χ1v) is 10.7. The summed E-state index contributed by atoms with van der Waals surface area (Å²) in [4.78, 5) is 45.7. The van der Waals surface area contributed by atoms with Crippen molar-refractivity contribution in [2.75, 3.05) is 17.4 Å². The Hall–Kier alpha value is -2.39. The van der Waals surface area contributed by atoms with Crippen LogP contribution in [0.4, 0.5) is 5.69 Å². The molecule has 0 saturated carbocycles. The van der Waals surface area contributed by atoms with Crippen LogP contribution in [-0.2, 0) is 19.2 Å². The maximum absolute atomic E-state index is 12.2. The van der Waals surface area contributed by atoms with E-state index in [0.29, 0.717) is 16.8 Å². The average molecular weight is 523 g/mol. The van der Waals surface area contributed by atoms with Crippen molar-refractivity contribution in [2.24, 2.45) is 5.73 Å². The van der Waals surface area contributed by atoms with Gasteiger partial charge in [-0.25, -0.2) is 5.06 Å². The highest BCUT2D eigenvalue weighted by Crippen LogP contribution is 2.22. The van der Waals surface area contributed by atoms with Crippen LogP contribution in [0.1, 0.15) is 12.8 Å². The Morgan fingerprint density at radius 1 is 1.16 bits per heavy atom. The quantitative estimate of drug-likeness (QED) is 0.130. The zero-order valence-electron chi connectivity index (χ0n) is 16.1. The number of nitrogens with two attached hydrogens (primary N) is 1. The number of carbonyl (C=O) groups excluding carboxylic acids is 2. The summed E-state index contributed by atoms with van der Waals surface area (Å²) in [6.45, 7) is -0.687. The lowest BCUT2D eigenvalue weighted by Gasteiger charge is -2.25. The summed E-state index contributed by atoms with van der Waals surface area (Å²) in [5.41, 5.74) is 4.09. The van der Waals surface area contributed by atoms with E-state index in [1.165, 1.54) is 12.1 Å². The molecule has 0 aliphatic carbocycles. The van der Waals surface area contributed by atoms with Crippen LogP contribution in [-0.4, -0.2) is 74.2 Å². The number of aliphatic hydroxyl groups is 1. The number of halogens is 1. The van der Waals surface area contributed by atoms with Gasteiger partial charge in [0.2, 0.25) is 11.8 Å². The first-order chi connectivity index (χ1) is 14.5. The number of anilines is 1. The molecule has 3 atom stereocenters. The molecule has 12 nitrogen and oxygen atoms in total. The van der Waals surface area contributed by atoms with E-state index >= 15 is 0 Å². The molecule has 14 heteroatoms. The van der Waals surface area contributed by atoms with E-state index in [9.17, 15) is 29.5 Å². The number of rotatable bonds is 13. The van der Waals surface area contributed by atoms with Gasteiger partial charge in [0.25, 0.3) is 0 Å². The lowest BCUT2D eigenvalue weighted by atomic mass is 10.1. The van der Waals surface area contributed by atoms with Gasteiger partial charge in [0.1, 0.15) is 18.6 Å². The number of amides is 2. The van der Waals surface area contributed by atoms with Crippen molar-refractivity contribution in [1.82, 2.24) is 10.6 Å². The van der Waals surface area contributed by atoms with Crippen LogP contribution in [0.25, 0.3) is 0 Å². The average Bonchev–Trinajstić information content (AvgIpc) is 2.72. The van der Waals surface area contributed by atoms with Crippen LogP contribution in [0.5, 0.6) is 0 Å². The van der Waals surface area contributed by atoms with E-state index < -0.39 is 47.9 Å². The number of hydroxylamine groups is 1. The molecule has 0 saturated heterocycles. The second-order valence-electron chi connectivity index (χ2n) is 6.20. The summed E-state index contributed by atoms with van der Waals surface area (Å²) in [7, 11) is 0. The lowest BCUT2D eigenvalue weighted by molar-refractivity contribution is -0.139. The number of benzene rings is 1. The van der Waals surface area contributed by atoms with E-state index in [1.54, 1.807) is 12.1 Å². The van der Waals surface area contributed by atoms with E-state index in [4.69, 9.17) is 15.9 Å². The van der Waals surface area contributed by atoms with Crippen LogP contribution >= 0.6 is 27.7 Å². The molecule has 0 spiro atoms. The Morgan fingerprint density at radius 2 is 1.77 bits per heavy atom. The van der Waals surface area contributed by atoms with Crippen molar-refractivity contribution in [3.05, 3.63) is 28.7 Å². The fourth-order valence-electron chi connectivity index (χ4n) is 2.12. The van der Waals surface area contributed by atoms with Crippen LogP contribution in [0.15, 0.2) is 28.7 Å². The third kappa shape index (κ3) is 9.97. The van der Waals surface area contributed by atoms with Gasteiger partial charge in [-0.3, -0.25) is 24.4 Å². The topological polar surface area (TPSA) is 203 Å². The third-order valence-electron chi connectivity index (χ3n) is 3.78. The molecule has 0 aliphatic rings. The maximum Gasteiger partial charge on any atom is 0.322 e. The Morgan fingerprint density at radius 3 is 2.32 bits per heavy atom. The van der Waals surface area contributed by atoms with Crippen LogP contribution < -0.4 is 21.4 Å².